The maximum atomic E-state index is 12.6. The van der Waals surface area contributed by atoms with E-state index in [1.165, 1.54) is 0 Å². The standard InChI is InChI=1S/C23H17N5O/c29-23(14-18-6-3-5-16-4-1-2-7-20(16)18)25-19-10-8-17(9-11-19)21-12-13-22-26-24-15-28(22)27-21/h1-13,15H,14H2,(H,25,29). The van der Waals surface area contributed by atoms with Crippen molar-refractivity contribution in [3.63, 3.8) is 0 Å². The van der Waals surface area contributed by atoms with Crippen LogP contribution in [-0.2, 0) is 11.2 Å². The molecule has 140 valence electrons. The van der Waals surface area contributed by atoms with Gasteiger partial charge in [-0.05, 0) is 40.6 Å². The van der Waals surface area contributed by atoms with Crippen molar-refractivity contribution in [3.05, 3.63) is 90.8 Å². The number of nitrogens with zero attached hydrogens (tertiary/aromatic N) is 4. The minimum absolute atomic E-state index is 0.0434. The second-order valence-electron chi connectivity index (χ2n) is 6.79. The fraction of sp³-hybridized carbons (Fsp3) is 0.0435. The zero-order valence-corrected chi connectivity index (χ0v) is 15.5. The van der Waals surface area contributed by atoms with Gasteiger partial charge in [0.15, 0.2) is 5.65 Å². The molecule has 5 rings (SSSR count). The van der Waals surface area contributed by atoms with Gasteiger partial charge in [-0.25, -0.2) is 0 Å². The van der Waals surface area contributed by atoms with Gasteiger partial charge in [-0.2, -0.15) is 9.61 Å². The third-order valence-electron chi connectivity index (χ3n) is 4.86. The quantitative estimate of drug-likeness (QED) is 0.510. The van der Waals surface area contributed by atoms with Gasteiger partial charge in [0.1, 0.15) is 6.33 Å². The van der Waals surface area contributed by atoms with E-state index in [2.05, 4.69) is 32.7 Å². The van der Waals surface area contributed by atoms with E-state index in [4.69, 9.17) is 0 Å². The van der Waals surface area contributed by atoms with Crippen molar-refractivity contribution >= 4 is 28.0 Å². The van der Waals surface area contributed by atoms with E-state index in [-0.39, 0.29) is 5.91 Å². The van der Waals surface area contributed by atoms with Gasteiger partial charge in [0.05, 0.1) is 12.1 Å². The molecule has 0 saturated heterocycles. The monoisotopic (exact) mass is 379 g/mol. The van der Waals surface area contributed by atoms with Crippen LogP contribution in [0.1, 0.15) is 5.56 Å². The van der Waals surface area contributed by atoms with Crippen LogP contribution in [0.4, 0.5) is 5.69 Å². The van der Waals surface area contributed by atoms with Crippen LogP contribution in [0, 0.1) is 0 Å². The number of rotatable bonds is 4. The maximum Gasteiger partial charge on any atom is 0.228 e. The molecule has 0 bridgehead atoms. The molecule has 1 N–H and O–H groups in total. The Bertz CT molecular complexity index is 1320. The first-order valence-corrected chi connectivity index (χ1v) is 9.30. The Hall–Kier alpha value is -4.06. The lowest BCUT2D eigenvalue weighted by Crippen LogP contribution is -2.14. The highest BCUT2D eigenvalue weighted by Gasteiger charge is 2.08. The summed E-state index contributed by atoms with van der Waals surface area (Å²) in [6.07, 6.45) is 1.90. The van der Waals surface area contributed by atoms with Gasteiger partial charge in [0.2, 0.25) is 5.91 Å². The minimum atomic E-state index is -0.0434. The lowest BCUT2D eigenvalue weighted by molar-refractivity contribution is -0.115. The van der Waals surface area contributed by atoms with Gasteiger partial charge >= 0.3 is 0 Å². The van der Waals surface area contributed by atoms with Crippen LogP contribution in [0.2, 0.25) is 0 Å². The van der Waals surface area contributed by atoms with Crippen molar-refractivity contribution in [2.24, 2.45) is 0 Å². The molecule has 29 heavy (non-hydrogen) atoms. The first-order valence-electron chi connectivity index (χ1n) is 9.30. The number of amides is 1. The summed E-state index contributed by atoms with van der Waals surface area (Å²) < 4.78 is 1.63. The van der Waals surface area contributed by atoms with Gasteiger partial charge < -0.3 is 5.32 Å². The average Bonchev–Trinajstić information content (AvgIpc) is 3.22. The highest BCUT2D eigenvalue weighted by Crippen LogP contribution is 2.21. The van der Waals surface area contributed by atoms with E-state index in [9.17, 15) is 4.79 Å². The van der Waals surface area contributed by atoms with E-state index < -0.39 is 0 Å². The van der Waals surface area contributed by atoms with Crippen LogP contribution in [0.5, 0.6) is 0 Å². The van der Waals surface area contributed by atoms with Crippen LogP contribution in [-0.4, -0.2) is 25.7 Å². The Balaban J connectivity index is 1.32. The lowest BCUT2D eigenvalue weighted by Gasteiger charge is -2.09. The Morgan fingerprint density at radius 1 is 0.897 bits per heavy atom. The van der Waals surface area contributed by atoms with Gasteiger partial charge in [-0.1, -0.05) is 54.6 Å². The maximum absolute atomic E-state index is 12.6. The molecule has 6 nitrogen and oxygen atoms in total. The summed E-state index contributed by atoms with van der Waals surface area (Å²) in [6.45, 7) is 0. The summed E-state index contributed by atoms with van der Waals surface area (Å²) in [5, 5.41) is 17.5. The fourth-order valence-electron chi connectivity index (χ4n) is 3.43. The van der Waals surface area contributed by atoms with Gasteiger partial charge in [-0.3, -0.25) is 4.79 Å². The molecule has 3 aromatic carbocycles. The molecule has 0 aliphatic rings. The second-order valence-corrected chi connectivity index (χ2v) is 6.79. The predicted molar refractivity (Wildman–Crippen MR) is 112 cm³/mol. The number of carbonyl (C=O) groups is 1. The first kappa shape index (κ1) is 17.1. The molecule has 0 fully saturated rings. The average molecular weight is 379 g/mol. The number of hydrogen-bond acceptors (Lipinski definition) is 4. The topological polar surface area (TPSA) is 72.2 Å². The van der Waals surface area contributed by atoms with Crippen molar-refractivity contribution in [2.45, 2.75) is 6.42 Å². The minimum Gasteiger partial charge on any atom is -0.326 e. The van der Waals surface area contributed by atoms with E-state index in [1.807, 2.05) is 66.7 Å². The third-order valence-corrected chi connectivity index (χ3v) is 4.86. The number of aromatic nitrogens is 4. The summed E-state index contributed by atoms with van der Waals surface area (Å²) in [7, 11) is 0. The molecule has 0 spiro atoms. The Morgan fingerprint density at radius 3 is 2.62 bits per heavy atom. The molecular formula is C23H17N5O. The van der Waals surface area contributed by atoms with Crippen LogP contribution < -0.4 is 5.32 Å². The molecule has 0 saturated carbocycles. The number of nitrogens with one attached hydrogen (secondary N) is 1. The second kappa shape index (κ2) is 7.16. The molecule has 0 aliphatic carbocycles. The fourth-order valence-corrected chi connectivity index (χ4v) is 3.43. The molecule has 6 heteroatoms. The molecule has 2 aromatic heterocycles. The number of benzene rings is 3. The molecule has 1 amide bonds. The zero-order chi connectivity index (χ0) is 19.6. The SMILES string of the molecule is O=C(Cc1cccc2ccccc12)Nc1ccc(-c2ccc3nncn3n2)cc1. The van der Waals surface area contributed by atoms with E-state index in [0.29, 0.717) is 12.1 Å². The number of fused-ring (bicyclic) bond motifs is 2. The summed E-state index contributed by atoms with van der Waals surface area (Å²) >= 11 is 0. The Labute approximate surface area is 166 Å². The van der Waals surface area contributed by atoms with Crippen LogP contribution >= 0.6 is 0 Å². The number of hydrogen-bond donors (Lipinski definition) is 1. The first-order chi connectivity index (χ1) is 14.3. The molecular weight excluding hydrogens is 362 g/mol. The van der Waals surface area contributed by atoms with Crippen molar-refractivity contribution in [1.29, 1.82) is 0 Å². The van der Waals surface area contributed by atoms with Crippen LogP contribution in [0.3, 0.4) is 0 Å². The van der Waals surface area contributed by atoms with Gasteiger partial charge in [0.25, 0.3) is 0 Å². The Morgan fingerprint density at radius 2 is 1.72 bits per heavy atom. The lowest BCUT2D eigenvalue weighted by atomic mass is 10.0. The molecule has 0 aliphatic heterocycles. The van der Waals surface area contributed by atoms with Gasteiger partial charge in [-0.15, -0.1) is 10.2 Å². The summed E-state index contributed by atoms with van der Waals surface area (Å²) in [5.41, 5.74) is 4.23. The number of carbonyl (C=O) groups excluding carboxylic acids is 1. The molecule has 0 radical (unpaired) electrons. The van der Waals surface area contributed by atoms with E-state index in [1.54, 1.807) is 10.8 Å². The third kappa shape index (κ3) is 3.43. The van der Waals surface area contributed by atoms with Gasteiger partial charge in [0, 0.05) is 11.3 Å². The Kier molecular flexibility index (Phi) is 4.22. The van der Waals surface area contributed by atoms with Crippen LogP contribution in [0.25, 0.3) is 27.7 Å². The van der Waals surface area contributed by atoms with Crippen molar-refractivity contribution in [2.75, 3.05) is 5.32 Å². The molecule has 5 aromatic rings. The van der Waals surface area contributed by atoms with Crippen molar-refractivity contribution in [1.82, 2.24) is 19.8 Å². The highest BCUT2D eigenvalue weighted by atomic mass is 16.1. The predicted octanol–water partition coefficient (Wildman–Crippen LogP) is 4.13. The van der Waals surface area contributed by atoms with E-state index >= 15 is 0 Å². The molecule has 2 heterocycles. The normalized spacial score (nSPS) is 11.0. The number of anilines is 1. The van der Waals surface area contributed by atoms with Crippen LogP contribution in [0.15, 0.2) is 85.2 Å². The zero-order valence-electron chi connectivity index (χ0n) is 15.5. The molecule has 0 atom stereocenters. The summed E-state index contributed by atoms with van der Waals surface area (Å²) in [5.74, 6) is -0.0434. The van der Waals surface area contributed by atoms with E-state index in [0.717, 1.165) is 33.3 Å². The smallest absolute Gasteiger partial charge is 0.228 e. The summed E-state index contributed by atoms with van der Waals surface area (Å²) in [4.78, 5) is 12.6. The highest BCUT2D eigenvalue weighted by molar-refractivity contribution is 5.96. The van der Waals surface area contributed by atoms with Crippen molar-refractivity contribution < 1.29 is 4.79 Å². The van der Waals surface area contributed by atoms with Crippen molar-refractivity contribution in [3.8, 4) is 11.3 Å². The summed E-state index contributed by atoms with van der Waals surface area (Å²) in [6, 6.07) is 25.6. The molecule has 0 unspecified atom stereocenters. The largest absolute Gasteiger partial charge is 0.326 e.